The van der Waals surface area contributed by atoms with E-state index in [0.717, 1.165) is 11.3 Å². The summed E-state index contributed by atoms with van der Waals surface area (Å²) in [6.07, 6.45) is 0. The highest BCUT2D eigenvalue weighted by Crippen LogP contribution is 2.17. The summed E-state index contributed by atoms with van der Waals surface area (Å²) >= 11 is 0. The summed E-state index contributed by atoms with van der Waals surface area (Å²) in [7, 11) is 0. The van der Waals surface area contributed by atoms with Crippen LogP contribution in [0.2, 0.25) is 0 Å². The summed E-state index contributed by atoms with van der Waals surface area (Å²) < 4.78 is 10.6. The molecule has 0 radical (unpaired) electrons. The molecular weight excluding hydrogens is 254 g/mol. The minimum absolute atomic E-state index is 0.182. The van der Waals surface area contributed by atoms with Crippen LogP contribution < -0.4 is 10.5 Å². The van der Waals surface area contributed by atoms with E-state index in [1.54, 1.807) is 12.1 Å². The van der Waals surface area contributed by atoms with Crippen LogP contribution in [0.15, 0.2) is 48.5 Å². The number of benzene rings is 2. The standard InChI is InChI=1S/C16H17NO3/c1-12-6-5-9-14(17)15(12)16(18)20-11-10-19-13-7-3-2-4-8-13/h2-9H,10-11,17H2,1H3. The fourth-order valence-electron chi connectivity index (χ4n) is 1.85. The Morgan fingerprint density at radius 1 is 1.05 bits per heavy atom. The molecule has 0 heterocycles. The smallest absolute Gasteiger partial charge is 0.340 e. The van der Waals surface area contributed by atoms with Gasteiger partial charge in [-0.15, -0.1) is 0 Å². The van der Waals surface area contributed by atoms with Gasteiger partial charge < -0.3 is 15.2 Å². The predicted octanol–water partition coefficient (Wildman–Crippen LogP) is 2.81. The van der Waals surface area contributed by atoms with E-state index in [1.807, 2.05) is 43.3 Å². The van der Waals surface area contributed by atoms with Crippen molar-refractivity contribution < 1.29 is 14.3 Å². The second-order valence-corrected chi connectivity index (χ2v) is 4.34. The molecule has 2 aromatic rings. The van der Waals surface area contributed by atoms with Crippen molar-refractivity contribution in [3.63, 3.8) is 0 Å². The first kappa shape index (κ1) is 13.9. The topological polar surface area (TPSA) is 61.6 Å². The van der Waals surface area contributed by atoms with Crippen LogP contribution in [0.3, 0.4) is 0 Å². The number of ether oxygens (including phenoxy) is 2. The molecule has 0 amide bonds. The molecule has 2 N–H and O–H groups in total. The maximum atomic E-state index is 11.9. The highest BCUT2D eigenvalue weighted by atomic mass is 16.6. The van der Waals surface area contributed by atoms with E-state index >= 15 is 0 Å². The monoisotopic (exact) mass is 271 g/mol. The van der Waals surface area contributed by atoms with Gasteiger partial charge in [-0.05, 0) is 30.7 Å². The van der Waals surface area contributed by atoms with Gasteiger partial charge >= 0.3 is 5.97 Å². The van der Waals surface area contributed by atoms with Crippen LogP contribution >= 0.6 is 0 Å². The molecule has 20 heavy (non-hydrogen) atoms. The molecule has 2 aromatic carbocycles. The molecule has 0 bridgehead atoms. The highest BCUT2D eigenvalue weighted by molar-refractivity contribution is 5.96. The van der Waals surface area contributed by atoms with Gasteiger partial charge in [-0.25, -0.2) is 4.79 Å². The minimum atomic E-state index is -0.419. The van der Waals surface area contributed by atoms with Gasteiger partial charge in [-0.1, -0.05) is 30.3 Å². The van der Waals surface area contributed by atoms with Gasteiger partial charge in [0.15, 0.2) is 0 Å². The first-order valence-corrected chi connectivity index (χ1v) is 6.38. The highest BCUT2D eigenvalue weighted by Gasteiger charge is 2.13. The first-order chi connectivity index (χ1) is 9.68. The van der Waals surface area contributed by atoms with Crippen LogP contribution in [-0.2, 0) is 4.74 Å². The van der Waals surface area contributed by atoms with Gasteiger partial charge in [0.05, 0.1) is 5.56 Å². The second-order valence-electron chi connectivity index (χ2n) is 4.34. The van der Waals surface area contributed by atoms with E-state index in [-0.39, 0.29) is 6.61 Å². The van der Waals surface area contributed by atoms with E-state index in [4.69, 9.17) is 15.2 Å². The SMILES string of the molecule is Cc1cccc(N)c1C(=O)OCCOc1ccccc1. The number of rotatable bonds is 5. The molecule has 0 aliphatic heterocycles. The largest absolute Gasteiger partial charge is 0.490 e. The van der Waals surface area contributed by atoms with E-state index in [0.29, 0.717) is 17.9 Å². The van der Waals surface area contributed by atoms with Gasteiger partial charge in [-0.3, -0.25) is 0 Å². The fraction of sp³-hybridized carbons (Fsp3) is 0.188. The molecule has 0 aliphatic rings. The number of nitrogen functional groups attached to an aromatic ring is 1. The Bertz CT molecular complexity index is 561. The fourth-order valence-corrected chi connectivity index (χ4v) is 1.85. The molecule has 2 rings (SSSR count). The van der Waals surface area contributed by atoms with E-state index in [1.165, 1.54) is 0 Å². The number of carbonyl (C=O) groups excluding carboxylic acids is 1. The average Bonchev–Trinajstić information content (AvgIpc) is 2.44. The zero-order valence-corrected chi connectivity index (χ0v) is 11.3. The molecular formula is C16H17NO3. The summed E-state index contributed by atoms with van der Waals surface area (Å²) in [5, 5.41) is 0. The van der Waals surface area contributed by atoms with Crippen molar-refractivity contribution >= 4 is 11.7 Å². The normalized spacial score (nSPS) is 10.1. The third-order valence-electron chi connectivity index (χ3n) is 2.84. The van der Waals surface area contributed by atoms with Crippen LogP contribution in [0.25, 0.3) is 0 Å². The third-order valence-corrected chi connectivity index (χ3v) is 2.84. The second kappa shape index (κ2) is 6.61. The quantitative estimate of drug-likeness (QED) is 0.516. The lowest BCUT2D eigenvalue weighted by Crippen LogP contribution is -2.14. The number of hydrogen-bond donors (Lipinski definition) is 1. The molecule has 0 saturated heterocycles. The van der Waals surface area contributed by atoms with Crippen molar-refractivity contribution in [2.45, 2.75) is 6.92 Å². The lowest BCUT2D eigenvalue weighted by molar-refractivity contribution is 0.0451. The number of carbonyl (C=O) groups is 1. The Morgan fingerprint density at radius 2 is 1.80 bits per heavy atom. The molecule has 0 fully saturated rings. The number of aryl methyl sites for hydroxylation is 1. The van der Waals surface area contributed by atoms with Crippen molar-refractivity contribution in [2.24, 2.45) is 0 Å². The summed E-state index contributed by atoms with van der Waals surface area (Å²) in [6, 6.07) is 14.7. The number of anilines is 1. The molecule has 0 aromatic heterocycles. The van der Waals surface area contributed by atoms with Crippen molar-refractivity contribution in [1.82, 2.24) is 0 Å². The summed E-state index contributed by atoms with van der Waals surface area (Å²) in [4.78, 5) is 11.9. The molecule has 0 unspecified atom stereocenters. The zero-order chi connectivity index (χ0) is 14.4. The van der Waals surface area contributed by atoms with Gasteiger partial charge in [-0.2, -0.15) is 0 Å². The lowest BCUT2D eigenvalue weighted by atomic mass is 10.1. The molecule has 4 nitrogen and oxygen atoms in total. The predicted molar refractivity (Wildman–Crippen MR) is 77.8 cm³/mol. The minimum Gasteiger partial charge on any atom is -0.490 e. The van der Waals surface area contributed by atoms with E-state index in [2.05, 4.69) is 0 Å². The van der Waals surface area contributed by atoms with Gasteiger partial charge in [0.25, 0.3) is 0 Å². The lowest BCUT2D eigenvalue weighted by Gasteiger charge is -2.10. The number of hydrogen-bond acceptors (Lipinski definition) is 4. The molecule has 0 atom stereocenters. The van der Waals surface area contributed by atoms with Crippen molar-refractivity contribution in [3.05, 3.63) is 59.7 Å². The average molecular weight is 271 g/mol. The Kier molecular flexibility index (Phi) is 4.60. The Morgan fingerprint density at radius 3 is 2.50 bits per heavy atom. The van der Waals surface area contributed by atoms with Crippen molar-refractivity contribution in [3.8, 4) is 5.75 Å². The van der Waals surface area contributed by atoms with Crippen LogP contribution in [0.5, 0.6) is 5.75 Å². The molecule has 104 valence electrons. The number of nitrogens with two attached hydrogens (primary N) is 1. The molecule has 0 spiro atoms. The van der Waals surface area contributed by atoms with Crippen LogP contribution in [0.4, 0.5) is 5.69 Å². The van der Waals surface area contributed by atoms with E-state index < -0.39 is 5.97 Å². The number of para-hydroxylation sites is 1. The van der Waals surface area contributed by atoms with E-state index in [9.17, 15) is 4.79 Å². The van der Waals surface area contributed by atoms with Crippen LogP contribution in [0.1, 0.15) is 15.9 Å². The van der Waals surface area contributed by atoms with Gasteiger partial charge in [0, 0.05) is 5.69 Å². The summed E-state index contributed by atoms with van der Waals surface area (Å²) in [5.74, 6) is 0.330. The Hall–Kier alpha value is -2.49. The third kappa shape index (κ3) is 3.51. The maximum Gasteiger partial charge on any atom is 0.340 e. The van der Waals surface area contributed by atoms with Crippen LogP contribution in [-0.4, -0.2) is 19.2 Å². The van der Waals surface area contributed by atoms with Crippen molar-refractivity contribution in [1.29, 1.82) is 0 Å². The summed E-state index contributed by atoms with van der Waals surface area (Å²) in [6.45, 7) is 2.32. The van der Waals surface area contributed by atoms with Crippen LogP contribution in [0, 0.1) is 6.92 Å². The molecule has 0 aliphatic carbocycles. The Labute approximate surface area is 118 Å². The molecule has 0 saturated carbocycles. The van der Waals surface area contributed by atoms with Gasteiger partial charge in [0.2, 0.25) is 0 Å². The first-order valence-electron chi connectivity index (χ1n) is 6.38. The Balaban J connectivity index is 1.84. The number of esters is 1. The summed E-state index contributed by atoms with van der Waals surface area (Å²) in [5.41, 5.74) is 7.44. The molecule has 4 heteroatoms. The maximum absolute atomic E-state index is 11.9. The zero-order valence-electron chi connectivity index (χ0n) is 11.3. The van der Waals surface area contributed by atoms with Crippen molar-refractivity contribution in [2.75, 3.05) is 18.9 Å². The van der Waals surface area contributed by atoms with Gasteiger partial charge in [0.1, 0.15) is 19.0 Å².